The minimum atomic E-state index is 0.0357. The van der Waals surface area contributed by atoms with Crippen LogP contribution in [0.3, 0.4) is 0 Å². The molecule has 2 saturated heterocycles. The second kappa shape index (κ2) is 7.30. The first-order valence-electron chi connectivity index (χ1n) is 9.23. The summed E-state index contributed by atoms with van der Waals surface area (Å²) in [5, 5.41) is 9.17. The summed E-state index contributed by atoms with van der Waals surface area (Å²) in [6.45, 7) is 7.74. The molecule has 1 aromatic rings. The second-order valence-corrected chi connectivity index (χ2v) is 7.72. The van der Waals surface area contributed by atoms with Gasteiger partial charge in [0.1, 0.15) is 0 Å². The third kappa shape index (κ3) is 3.80. The van der Waals surface area contributed by atoms with Crippen molar-refractivity contribution < 1.29 is 9.90 Å². The lowest BCUT2D eigenvalue weighted by molar-refractivity contribution is -0.139. The standard InChI is InChI=1S/C19H29N3O3/c1-14-11-20-16(15(2)18(14)25)12-21-7-5-19(6-8-21)4-3-17(24)22(13-19)9-10-23/h11,23H,3-10,12-13H2,1-2H3,(H,20,25). The summed E-state index contributed by atoms with van der Waals surface area (Å²) in [6, 6.07) is 0. The molecule has 1 spiro atoms. The molecule has 1 aromatic heterocycles. The summed E-state index contributed by atoms with van der Waals surface area (Å²) in [4.78, 5) is 31.6. The van der Waals surface area contributed by atoms with Crippen LogP contribution in [0.1, 0.15) is 42.5 Å². The Kier molecular flexibility index (Phi) is 5.29. The van der Waals surface area contributed by atoms with E-state index in [1.54, 1.807) is 6.20 Å². The summed E-state index contributed by atoms with van der Waals surface area (Å²) in [5.41, 5.74) is 2.92. The zero-order valence-electron chi connectivity index (χ0n) is 15.3. The van der Waals surface area contributed by atoms with Crippen molar-refractivity contribution in [2.45, 2.75) is 46.1 Å². The lowest BCUT2D eigenvalue weighted by Crippen LogP contribution is -2.52. The van der Waals surface area contributed by atoms with Gasteiger partial charge >= 0.3 is 0 Å². The zero-order valence-corrected chi connectivity index (χ0v) is 15.3. The van der Waals surface area contributed by atoms with Crippen molar-refractivity contribution in [1.29, 1.82) is 0 Å². The molecular formula is C19H29N3O3. The van der Waals surface area contributed by atoms with Gasteiger partial charge in [0.2, 0.25) is 5.91 Å². The number of carbonyl (C=O) groups is 1. The zero-order chi connectivity index (χ0) is 18.0. The number of carbonyl (C=O) groups excluding carboxylic acids is 1. The highest BCUT2D eigenvalue weighted by Crippen LogP contribution is 2.40. The fourth-order valence-corrected chi connectivity index (χ4v) is 4.21. The van der Waals surface area contributed by atoms with Crippen LogP contribution in [0.2, 0.25) is 0 Å². The van der Waals surface area contributed by atoms with Crippen molar-refractivity contribution in [3.8, 4) is 0 Å². The van der Waals surface area contributed by atoms with Gasteiger partial charge in [0.15, 0.2) is 5.43 Å². The molecule has 0 saturated carbocycles. The molecule has 3 heterocycles. The van der Waals surface area contributed by atoms with Gasteiger partial charge in [0.25, 0.3) is 0 Å². The average molecular weight is 347 g/mol. The minimum Gasteiger partial charge on any atom is -0.395 e. The Hall–Kier alpha value is -1.66. The number of nitrogens with zero attached hydrogens (tertiary/aromatic N) is 2. The number of rotatable bonds is 4. The highest BCUT2D eigenvalue weighted by atomic mass is 16.3. The Morgan fingerprint density at radius 1 is 1.20 bits per heavy atom. The number of piperidine rings is 2. The predicted molar refractivity (Wildman–Crippen MR) is 96.4 cm³/mol. The van der Waals surface area contributed by atoms with Crippen molar-refractivity contribution in [3.63, 3.8) is 0 Å². The van der Waals surface area contributed by atoms with E-state index in [9.17, 15) is 9.59 Å². The molecule has 0 aliphatic carbocycles. The van der Waals surface area contributed by atoms with Crippen LogP contribution in [0.25, 0.3) is 0 Å². The van der Waals surface area contributed by atoms with E-state index in [0.29, 0.717) is 13.0 Å². The number of aliphatic hydroxyl groups is 1. The molecule has 0 aromatic carbocycles. The molecule has 2 aliphatic rings. The molecule has 0 radical (unpaired) electrons. The van der Waals surface area contributed by atoms with Crippen molar-refractivity contribution >= 4 is 5.91 Å². The summed E-state index contributed by atoms with van der Waals surface area (Å²) in [7, 11) is 0. The number of aromatic amines is 1. The van der Waals surface area contributed by atoms with E-state index in [4.69, 9.17) is 5.11 Å². The monoisotopic (exact) mass is 347 g/mol. The van der Waals surface area contributed by atoms with Gasteiger partial charge < -0.3 is 15.0 Å². The quantitative estimate of drug-likeness (QED) is 0.858. The lowest BCUT2D eigenvalue weighted by atomic mass is 9.72. The average Bonchev–Trinajstić information content (AvgIpc) is 2.61. The Balaban J connectivity index is 1.61. The molecule has 138 valence electrons. The van der Waals surface area contributed by atoms with Crippen LogP contribution in [0.4, 0.5) is 0 Å². The maximum atomic E-state index is 12.1. The first-order valence-corrected chi connectivity index (χ1v) is 9.23. The molecule has 6 nitrogen and oxygen atoms in total. The Morgan fingerprint density at radius 2 is 1.92 bits per heavy atom. The number of hydrogen-bond acceptors (Lipinski definition) is 4. The molecule has 2 fully saturated rings. The maximum absolute atomic E-state index is 12.1. The van der Waals surface area contributed by atoms with Crippen molar-refractivity contribution in [3.05, 3.63) is 33.2 Å². The topological polar surface area (TPSA) is 76.6 Å². The van der Waals surface area contributed by atoms with E-state index >= 15 is 0 Å². The van der Waals surface area contributed by atoms with E-state index in [0.717, 1.165) is 62.3 Å². The number of nitrogens with one attached hydrogen (secondary N) is 1. The van der Waals surface area contributed by atoms with Crippen LogP contribution >= 0.6 is 0 Å². The Labute approximate surface area is 148 Å². The highest BCUT2D eigenvalue weighted by molar-refractivity contribution is 5.77. The largest absolute Gasteiger partial charge is 0.395 e. The van der Waals surface area contributed by atoms with Crippen LogP contribution in [0, 0.1) is 19.3 Å². The van der Waals surface area contributed by atoms with Gasteiger partial charge in [-0.1, -0.05) is 0 Å². The number of aromatic nitrogens is 1. The minimum absolute atomic E-state index is 0.0357. The van der Waals surface area contributed by atoms with Crippen LogP contribution in [-0.2, 0) is 11.3 Å². The number of β-amino-alcohol motifs (C(OH)–C–C–N with tert-alkyl or cyclic N) is 1. The molecule has 2 N–H and O–H groups in total. The first-order chi connectivity index (χ1) is 11.9. The van der Waals surface area contributed by atoms with E-state index in [1.807, 2.05) is 18.7 Å². The number of aliphatic hydroxyl groups excluding tert-OH is 1. The van der Waals surface area contributed by atoms with Crippen molar-refractivity contribution in [2.24, 2.45) is 5.41 Å². The summed E-state index contributed by atoms with van der Waals surface area (Å²) >= 11 is 0. The molecule has 2 aliphatic heterocycles. The number of hydrogen-bond donors (Lipinski definition) is 2. The SMILES string of the molecule is Cc1c[nH]c(CN2CCC3(CCC(=O)N(CCO)C3)CC2)c(C)c1=O. The Bertz CT molecular complexity index is 690. The number of likely N-dealkylation sites (tertiary alicyclic amines) is 2. The molecule has 0 atom stereocenters. The van der Waals surface area contributed by atoms with Gasteiger partial charge in [0, 0.05) is 49.1 Å². The fraction of sp³-hybridized carbons (Fsp3) is 0.684. The highest BCUT2D eigenvalue weighted by Gasteiger charge is 2.40. The van der Waals surface area contributed by atoms with Gasteiger partial charge in [-0.15, -0.1) is 0 Å². The smallest absolute Gasteiger partial charge is 0.222 e. The number of pyridine rings is 1. The van der Waals surface area contributed by atoms with Crippen LogP contribution in [-0.4, -0.2) is 58.6 Å². The summed E-state index contributed by atoms with van der Waals surface area (Å²) < 4.78 is 0. The summed E-state index contributed by atoms with van der Waals surface area (Å²) in [5.74, 6) is 0.176. The van der Waals surface area contributed by atoms with Crippen LogP contribution in [0.15, 0.2) is 11.0 Å². The van der Waals surface area contributed by atoms with Crippen molar-refractivity contribution in [1.82, 2.24) is 14.8 Å². The van der Waals surface area contributed by atoms with E-state index in [-0.39, 0.29) is 23.4 Å². The molecule has 0 unspecified atom stereocenters. The van der Waals surface area contributed by atoms with E-state index < -0.39 is 0 Å². The van der Waals surface area contributed by atoms with Crippen LogP contribution < -0.4 is 5.43 Å². The van der Waals surface area contributed by atoms with Gasteiger partial charge in [-0.05, 0) is 51.6 Å². The van der Waals surface area contributed by atoms with E-state index in [2.05, 4.69) is 9.88 Å². The first kappa shape index (κ1) is 18.1. The third-order valence-electron chi connectivity index (χ3n) is 6.03. The van der Waals surface area contributed by atoms with E-state index in [1.165, 1.54) is 0 Å². The number of amides is 1. The predicted octanol–water partition coefficient (Wildman–Crippen LogP) is 1.19. The van der Waals surface area contributed by atoms with Gasteiger partial charge in [-0.2, -0.15) is 0 Å². The number of aryl methyl sites for hydroxylation is 1. The number of H-pyrrole nitrogens is 1. The molecule has 6 heteroatoms. The maximum Gasteiger partial charge on any atom is 0.222 e. The molecule has 1 amide bonds. The van der Waals surface area contributed by atoms with Gasteiger partial charge in [-0.3, -0.25) is 14.5 Å². The Morgan fingerprint density at radius 3 is 2.60 bits per heavy atom. The summed E-state index contributed by atoms with van der Waals surface area (Å²) in [6.07, 6.45) is 5.50. The normalized spacial score (nSPS) is 21.1. The lowest BCUT2D eigenvalue weighted by Gasteiger charge is -2.47. The molecule has 3 rings (SSSR count). The fourth-order valence-electron chi connectivity index (χ4n) is 4.21. The van der Waals surface area contributed by atoms with Crippen LogP contribution in [0.5, 0.6) is 0 Å². The van der Waals surface area contributed by atoms with Crippen molar-refractivity contribution in [2.75, 3.05) is 32.8 Å². The third-order valence-corrected chi connectivity index (χ3v) is 6.03. The molecular weight excluding hydrogens is 318 g/mol. The second-order valence-electron chi connectivity index (χ2n) is 7.72. The van der Waals surface area contributed by atoms with Gasteiger partial charge in [0.05, 0.1) is 6.61 Å². The van der Waals surface area contributed by atoms with Gasteiger partial charge in [-0.25, -0.2) is 0 Å². The molecule has 25 heavy (non-hydrogen) atoms. The molecule has 0 bridgehead atoms.